The second-order valence-corrected chi connectivity index (χ2v) is 20.1. The third-order valence-corrected chi connectivity index (χ3v) is 13.0. The lowest BCUT2D eigenvalue weighted by molar-refractivity contribution is -0.167. The molecule has 6 nitrogen and oxygen atoms in total. The fourth-order valence-electron chi connectivity index (χ4n) is 8.75. The number of hydrogen-bond acceptors (Lipinski definition) is 6. The van der Waals surface area contributed by atoms with E-state index in [-0.39, 0.29) is 31.1 Å². The summed E-state index contributed by atoms with van der Waals surface area (Å²) in [5, 5.41) is 0. The summed E-state index contributed by atoms with van der Waals surface area (Å²) < 4.78 is 16.9. The average molecular weight is 892 g/mol. The van der Waals surface area contributed by atoms with Crippen LogP contribution in [-0.2, 0) is 28.6 Å². The maximum atomic E-state index is 12.8. The van der Waals surface area contributed by atoms with Crippen molar-refractivity contribution in [2.24, 2.45) is 5.92 Å². The van der Waals surface area contributed by atoms with Crippen molar-refractivity contribution in [2.45, 2.75) is 329 Å². The Morgan fingerprint density at radius 1 is 0.302 bits per heavy atom. The molecule has 0 heterocycles. The van der Waals surface area contributed by atoms with E-state index >= 15 is 0 Å². The summed E-state index contributed by atoms with van der Waals surface area (Å²) in [6.45, 7) is 9.05. The summed E-state index contributed by atoms with van der Waals surface area (Å²) in [5.41, 5.74) is 0. The van der Waals surface area contributed by atoms with Gasteiger partial charge in [-0.15, -0.1) is 0 Å². The Bertz CT molecular complexity index is 949. The minimum absolute atomic E-state index is 0.0620. The van der Waals surface area contributed by atoms with Crippen LogP contribution >= 0.6 is 0 Å². The molecule has 0 N–H and O–H groups in total. The second-order valence-electron chi connectivity index (χ2n) is 20.1. The van der Waals surface area contributed by atoms with Crippen LogP contribution in [0.5, 0.6) is 0 Å². The number of carbonyl (C=O) groups excluding carboxylic acids is 3. The highest BCUT2D eigenvalue weighted by atomic mass is 16.6. The Balaban J connectivity index is 4.29. The monoisotopic (exact) mass is 891 g/mol. The maximum absolute atomic E-state index is 12.8. The van der Waals surface area contributed by atoms with Gasteiger partial charge in [0.15, 0.2) is 6.10 Å². The third kappa shape index (κ3) is 51.3. The van der Waals surface area contributed by atoms with E-state index in [4.69, 9.17) is 14.2 Å². The number of rotatable bonds is 52. The van der Waals surface area contributed by atoms with E-state index in [2.05, 4.69) is 27.7 Å². The average Bonchev–Trinajstić information content (AvgIpc) is 3.27. The van der Waals surface area contributed by atoms with Crippen molar-refractivity contribution in [3.05, 3.63) is 0 Å². The fourth-order valence-corrected chi connectivity index (χ4v) is 8.75. The molecule has 0 fully saturated rings. The molecule has 0 saturated carbocycles. The van der Waals surface area contributed by atoms with Crippen molar-refractivity contribution in [1.82, 2.24) is 0 Å². The van der Waals surface area contributed by atoms with E-state index in [1.807, 2.05) is 0 Å². The van der Waals surface area contributed by atoms with Crippen molar-refractivity contribution >= 4 is 17.9 Å². The van der Waals surface area contributed by atoms with Crippen LogP contribution in [0.25, 0.3) is 0 Å². The van der Waals surface area contributed by atoms with E-state index in [0.717, 1.165) is 63.7 Å². The standard InChI is InChI=1S/C57H110O6/c1-5-7-9-11-13-15-17-19-20-21-22-24-30-34-38-42-46-50-57(60)63-54(51-61-55(58)48-44-40-36-32-28-23-18-16-14-12-10-8-6-2)52-62-56(59)49-45-41-37-33-29-26-25-27-31-35-39-43-47-53(3)4/h53-54H,5-52H2,1-4H3/t54-/m1/s1. The van der Waals surface area contributed by atoms with Crippen molar-refractivity contribution in [2.75, 3.05) is 13.2 Å². The molecule has 0 aromatic carbocycles. The first-order valence-electron chi connectivity index (χ1n) is 28.4. The summed E-state index contributed by atoms with van der Waals surface area (Å²) in [7, 11) is 0. The van der Waals surface area contributed by atoms with E-state index in [1.165, 1.54) is 218 Å². The first-order chi connectivity index (χ1) is 30.9. The van der Waals surface area contributed by atoms with E-state index in [1.54, 1.807) is 0 Å². The number of unbranched alkanes of at least 4 members (excludes halogenated alkanes) is 39. The molecule has 0 radical (unpaired) electrons. The molecule has 6 heteroatoms. The van der Waals surface area contributed by atoms with Gasteiger partial charge in [0, 0.05) is 19.3 Å². The lowest BCUT2D eigenvalue weighted by Crippen LogP contribution is -2.30. The van der Waals surface area contributed by atoms with Crippen LogP contribution < -0.4 is 0 Å². The lowest BCUT2D eigenvalue weighted by atomic mass is 10.0. The van der Waals surface area contributed by atoms with Gasteiger partial charge in [0.1, 0.15) is 13.2 Å². The zero-order valence-corrected chi connectivity index (χ0v) is 43.0. The molecule has 0 spiro atoms. The smallest absolute Gasteiger partial charge is 0.306 e. The Hall–Kier alpha value is -1.59. The fraction of sp³-hybridized carbons (Fsp3) is 0.947. The van der Waals surface area contributed by atoms with Gasteiger partial charge in [-0.25, -0.2) is 0 Å². The van der Waals surface area contributed by atoms with Crippen molar-refractivity contribution in [1.29, 1.82) is 0 Å². The number of carbonyl (C=O) groups is 3. The van der Waals surface area contributed by atoms with Gasteiger partial charge in [-0.3, -0.25) is 14.4 Å². The predicted molar refractivity (Wildman–Crippen MR) is 270 cm³/mol. The van der Waals surface area contributed by atoms with Gasteiger partial charge in [-0.05, 0) is 25.2 Å². The maximum Gasteiger partial charge on any atom is 0.306 e. The van der Waals surface area contributed by atoms with Gasteiger partial charge in [-0.1, -0.05) is 285 Å². The van der Waals surface area contributed by atoms with Crippen molar-refractivity contribution in [3.63, 3.8) is 0 Å². The minimum Gasteiger partial charge on any atom is -0.462 e. The van der Waals surface area contributed by atoms with Crippen LogP contribution in [0.15, 0.2) is 0 Å². The molecular formula is C57H110O6. The SMILES string of the molecule is CCCCCCCCCCCCCCCCCCCC(=O)O[C@H](COC(=O)CCCCCCCCCCCCCCC)COC(=O)CCCCCCCCCCCCCCC(C)C. The highest BCUT2D eigenvalue weighted by Gasteiger charge is 2.19. The first kappa shape index (κ1) is 61.4. The van der Waals surface area contributed by atoms with Gasteiger partial charge in [0.05, 0.1) is 0 Å². The van der Waals surface area contributed by atoms with E-state index in [9.17, 15) is 14.4 Å². The van der Waals surface area contributed by atoms with E-state index in [0.29, 0.717) is 19.3 Å². The van der Waals surface area contributed by atoms with Gasteiger partial charge in [0.2, 0.25) is 0 Å². The van der Waals surface area contributed by atoms with Crippen LogP contribution in [0.1, 0.15) is 323 Å². The summed E-state index contributed by atoms with van der Waals surface area (Å²) in [5.74, 6) is -0.00291. The predicted octanol–water partition coefficient (Wildman–Crippen LogP) is 18.6. The largest absolute Gasteiger partial charge is 0.462 e. The number of esters is 3. The summed E-state index contributed by atoms with van der Waals surface area (Å²) in [6, 6.07) is 0. The molecule has 0 rings (SSSR count). The Morgan fingerprint density at radius 2 is 0.524 bits per heavy atom. The van der Waals surface area contributed by atoms with Crippen LogP contribution in [0, 0.1) is 5.92 Å². The van der Waals surface area contributed by atoms with Crippen LogP contribution in [0.2, 0.25) is 0 Å². The molecule has 0 amide bonds. The first-order valence-corrected chi connectivity index (χ1v) is 28.4. The van der Waals surface area contributed by atoms with Gasteiger partial charge >= 0.3 is 17.9 Å². The summed E-state index contributed by atoms with van der Waals surface area (Å²) >= 11 is 0. The molecule has 0 aromatic heterocycles. The molecule has 1 atom stereocenters. The topological polar surface area (TPSA) is 78.9 Å². The second kappa shape index (κ2) is 51.4. The quantitative estimate of drug-likeness (QED) is 0.0344. The zero-order chi connectivity index (χ0) is 45.9. The Kier molecular flexibility index (Phi) is 50.1. The molecule has 63 heavy (non-hydrogen) atoms. The molecule has 0 bridgehead atoms. The molecule has 374 valence electrons. The van der Waals surface area contributed by atoms with Crippen LogP contribution in [0.3, 0.4) is 0 Å². The molecule has 0 unspecified atom stereocenters. The molecule has 0 aromatic rings. The highest BCUT2D eigenvalue weighted by Crippen LogP contribution is 2.18. The Labute approximate surface area is 393 Å². The number of hydrogen-bond donors (Lipinski definition) is 0. The van der Waals surface area contributed by atoms with Gasteiger partial charge in [0.25, 0.3) is 0 Å². The van der Waals surface area contributed by atoms with Gasteiger partial charge < -0.3 is 14.2 Å². The van der Waals surface area contributed by atoms with Crippen molar-refractivity contribution < 1.29 is 28.6 Å². The van der Waals surface area contributed by atoms with Crippen molar-refractivity contribution in [3.8, 4) is 0 Å². The van der Waals surface area contributed by atoms with Gasteiger partial charge in [-0.2, -0.15) is 0 Å². The highest BCUT2D eigenvalue weighted by molar-refractivity contribution is 5.71. The normalized spacial score (nSPS) is 12.0. The van der Waals surface area contributed by atoms with Crippen LogP contribution in [0.4, 0.5) is 0 Å². The molecule has 0 aliphatic heterocycles. The lowest BCUT2D eigenvalue weighted by Gasteiger charge is -2.18. The third-order valence-electron chi connectivity index (χ3n) is 13.0. The van der Waals surface area contributed by atoms with Crippen LogP contribution in [-0.4, -0.2) is 37.2 Å². The molecular weight excluding hydrogens is 781 g/mol. The minimum atomic E-state index is -0.761. The number of ether oxygens (including phenoxy) is 3. The zero-order valence-electron chi connectivity index (χ0n) is 43.0. The van der Waals surface area contributed by atoms with E-state index < -0.39 is 6.10 Å². The summed E-state index contributed by atoms with van der Waals surface area (Å²) in [4.78, 5) is 38.1. The molecule has 0 aliphatic rings. The Morgan fingerprint density at radius 3 is 0.778 bits per heavy atom. The summed E-state index contributed by atoms with van der Waals surface area (Å²) in [6.07, 6.45) is 55.2. The molecule has 0 saturated heterocycles. The molecule has 0 aliphatic carbocycles.